The zero-order valence-corrected chi connectivity index (χ0v) is 22.8. The number of morpholine rings is 1. The van der Waals surface area contributed by atoms with Gasteiger partial charge in [-0.2, -0.15) is 0 Å². The average molecular weight is 502 g/mol. The molecule has 36 heavy (non-hydrogen) atoms. The molecule has 1 amide bonds. The Kier molecular flexibility index (Phi) is 8.65. The Morgan fingerprint density at radius 2 is 1.92 bits per heavy atom. The summed E-state index contributed by atoms with van der Waals surface area (Å²) in [6, 6.07) is 8.46. The lowest BCUT2D eigenvalue weighted by atomic mass is 9.57. The van der Waals surface area contributed by atoms with Gasteiger partial charge < -0.3 is 25.2 Å². The molecule has 4 rings (SSSR count). The number of para-hydroxylation sites is 1. The van der Waals surface area contributed by atoms with E-state index in [-0.39, 0.29) is 16.7 Å². The van der Waals surface area contributed by atoms with E-state index in [1.807, 2.05) is 19.1 Å². The molecule has 1 saturated heterocycles. The topological polar surface area (TPSA) is 83.1 Å². The van der Waals surface area contributed by atoms with Gasteiger partial charge in [0.25, 0.3) is 0 Å². The predicted octanol–water partition coefficient (Wildman–Crippen LogP) is 3.35. The van der Waals surface area contributed by atoms with E-state index in [4.69, 9.17) is 9.47 Å². The summed E-state index contributed by atoms with van der Waals surface area (Å²) in [4.78, 5) is 15.3. The number of benzene rings is 1. The first-order valence-corrected chi connectivity index (χ1v) is 13.8. The maximum Gasteiger partial charge on any atom is 0.220 e. The molecule has 1 heterocycles. The maximum absolute atomic E-state index is 12.9. The lowest BCUT2D eigenvalue weighted by molar-refractivity contribution is -0.123. The molecule has 1 aromatic rings. The minimum Gasteiger partial charge on any atom is -0.496 e. The van der Waals surface area contributed by atoms with Crippen LogP contribution in [0.3, 0.4) is 0 Å². The van der Waals surface area contributed by atoms with Crippen molar-refractivity contribution in [3.8, 4) is 5.75 Å². The summed E-state index contributed by atoms with van der Waals surface area (Å²) in [7, 11) is 1.72. The molecule has 7 heteroatoms. The third-order valence-corrected chi connectivity index (χ3v) is 9.24. The highest BCUT2D eigenvalue weighted by molar-refractivity contribution is 5.75. The van der Waals surface area contributed by atoms with Gasteiger partial charge in [0.2, 0.25) is 5.91 Å². The van der Waals surface area contributed by atoms with Crippen LogP contribution in [0.25, 0.3) is 0 Å². The molecule has 7 nitrogen and oxygen atoms in total. The van der Waals surface area contributed by atoms with Crippen molar-refractivity contribution >= 4 is 5.91 Å². The number of nitrogens with one attached hydrogen (secondary N) is 2. The Labute approximate surface area is 217 Å². The van der Waals surface area contributed by atoms with Crippen LogP contribution >= 0.6 is 0 Å². The van der Waals surface area contributed by atoms with E-state index < -0.39 is 5.60 Å². The van der Waals surface area contributed by atoms with Crippen molar-refractivity contribution in [1.29, 1.82) is 0 Å². The van der Waals surface area contributed by atoms with E-state index >= 15 is 0 Å². The number of methoxy groups -OCH3 is 1. The summed E-state index contributed by atoms with van der Waals surface area (Å²) in [6.45, 7) is 12.4. The van der Waals surface area contributed by atoms with Crippen LogP contribution in [0.5, 0.6) is 5.75 Å². The average Bonchev–Trinajstić information content (AvgIpc) is 3.07. The molecule has 2 saturated carbocycles. The smallest absolute Gasteiger partial charge is 0.220 e. The third-order valence-electron chi connectivity index (χ3n) is 9.24. The number of amides is 1. The van der Waals surface area contributed by atoms with Crippen molar-refractivity contribution in [1.82, 2.24) is 15.5 Å². The van der Waals surface area contributed by atoms with E-state index in [9.17, 15) is 9.90 Å². The molecule has 0 aromatic heterocycles. The van der Waals surface area contributed by atoms with Crippen molar-refractivity contribution in [2.45, 2.75) is 77.5 Å². The van der Waals surface area contributed by atoms with Gasteiger partial charge in [0.05, 0.1) is 25.9 Å². The Morgan fingerprint density at radius 3 is 2.67 bits per heavy atom. The molecule has 4 unspecified atom stereocenters. The standard InChI is InChI=1S/C29H47N3O4/c1-27(2)20-25(31-21-22-7-5-6-8-23(22)35-4)29(12-11-28(3,34)19-24(27)29)10-9-26(33)30-13-14-32-15-17-36-18-16-32/h5-8,24-25,31,34H,9-21H2,1-4H3,(H,30,33). The fourth-order valence-corrected chi connectivity index (χ4v) is 7.21. The molecule has 3 aliphatic rings. The highest BCUT2D eigenvalue weighted by Crippen LogP contribution is 2.63. The second-order valence-electron chi connectivity index (χ2n) is 12.2. The normalized spacial score (nSPS) is 32.1. The SMILES string of the molecule is COc1ccccc1CNC1CC(C)(C)C2CC(C)(O)CCC12CCC(=O)NCCN1CCOCC1. The largest absolute Gasteiger partial charge is 0.496 e. The van der Waals surface area contributed by atoms with Gasteiger partial charge in [0.1, 0.15) is 5.75 Å². The second kappa shape index (κ2) is 11.4. The van der Waals surface area contributed by atoms with Crippen LogP contribution in [-0.4, -0.2) is 74.1 Å². The molecule has 0 radical (unpaired) electrons. The number of nitrogens with zero attached hydrogens (tertiary/aromatic N) is 1. The number of fused-ring (bicyclic) bond motifs is 1. The Balaban J connectivity index is 1.43. The number of ether oxygens (including phenoxy) is 2. The first-order chi connectivity index (χ1) is 17.2. The number of carbonyl (C=O) groups is 1. The Morgan fingerprint density at radius 1 is 1.17 bits per heavy atom. The van der Waals surface area contributed by atoms with Crippen LogP contribution in [-0.2, 0) is 16.1 Å². The van der Waals surface area contributed by atoms with Crippen molar-refractivity contribution in [2.24, 2.45) is 16.7 Å². The lowest BCUT2D eigenvalue weighted by Gasteiger charge is -2.51. The summed E-state index contributed by atoms with van der Waals surface area (Å²) >= 11 is 0. The van der Waals surface area contributed by atoms with E-state index in [1.54, 1.807) is 7.11 Å². The minimum atomic E-state index is -0.636. The van der Waals surface area contributed by atoms with E-state index in [1.165, 1.54) is 0 Å². The van der Waals surface area contributed by atoms with Crippen LogP contribution in [0.2, 0.25) is 0 Å². The summed E-state index contributed by atoms with van der Waals surface area (Å²) in [6.07, 6.45) is 4.95. The van der Waals surface area contributed by atoms with Crippen LogP contribution in [0, 0.1) is 16.7 Å². The maximum atomic E-state index is 12.9. The third kappa shape index (κ3) is 6.24. The minimum absolute atomic E-state index is 0.00466. The predicted molar refractivity (Wildman–Crippen MR) is 142 cm³/mol. The Hall–Kier alpha value is -1.67. The zero-order valence-electron chi connectivity index (χ0n) is 22.8. The highest BCUT2D eigenvalue weighted by Gasteiger charge is 2.61. The van der Waals surface area contributed by atoms with Crippen LogP contribution in [0.1, 0.15) is 64.9 Å². The molecule has 2 aliphatic carbocycles. The summed E-state index contributed by atoms with van der Waals surface area (Å²) in [5.74, 6) is 1.41. The molecule has 1 aromatic carbocycles. The molecular formula is C29H47N3O4. The van der Waals surface area contributed by atoms with Gasteiger partial charge in [0.15, 0.2) is 0 Å². The molecule has 1 aliphatic heterocycles. The molecular weight excluding hydrogens is 454 g/mol. The molecule has 0 bridgehead atoms. The summed E-state index contributed by atoms with van der Waals surface area (Å²) in [5, 5.41) is 18.1. The Bertz CT molecular complexity index is 883. The summed E-state index contributed by atoms with van der Waals surface area (Å²) < 4.78 is 11.0. The van der Waals surface area contributed by atoms with Gasteiger partial charge in [-0.3, -0.25) is 9.69 Å². The second-order valence-corrected chi connectivity index (χ2v) is 12.2. The highest BCUT2D eigenvalue weighted by atomic mass is 16.5. The fraction of sp³-hybridized carbons (Fsp3) is 0.759. The quantitative estimate of drug-likeness (QED) is 0.456. The number of aliphatic hydroxyl groups is 1. The van der Waals surface area contributed by atoms with Crippen LogP contribution in [0.15, 0.2) is 24.3 Å². The van der Waals surface area contributed by atoms with Gasteiger partial charge in [0, 0.05) is 50.7 Å². The van der Waals surface area contributed by atoms with E-state index in [0.717, 1.165) is 82.8 Å². The van der Waals surface area contributed by atoms with Gasteiger partial charge >= 0.3 is 0 Å². The zero-order chi connectivity index (χ0) is 25.8. The van der Waals surface area contributed by atoms with Crippen LogP contribution in [0.4, 0.5) is 0 Å². The first-order valence-electron chi connectivity index (χ1n) is 13.8. The van der Waals surface area contributed by atoms with Gasteiger partial charge in [-0.25, -0.2) is 0 Å². The molecule has 3 fully saturated rings. The molecule has 202 valence electrons. The molecule has 0 spiro atoms. The fourth-order valence-electron chi connectivity index (χ4n) is 7.21. The number of carbonyl (C=O) groups excluding carboxylic acids is 1. The van der Waals surface area contributed by atoms with Gasteiger partial charge in [-0.05, 0) is 61.8 Å². The van der Waals surface area contributed by atoms with E-state index in [2.05, 4.69) is 41.5 Å². The van der Waals surface area contributed by atoms with Gasteiger partial charge in [-0.1, -0.05) is 32.0 Å². The molecule has 3 N–H and O–H groups in total. The monoisotopic (exact) mass is 501 g/mol. The lowest BCUT2D eigenvalue weighted by Crippen LogP contribution is -2.51. The van der Waals surface area contributed by atoms with E-state index in [0.29, 0.717) is 24.9 Å². The molecule has 4 atom stereocenters. The van der Waals surface area contributed by atoms with Crippen molar-refractivity contribution in [3.63, 3.8) is 0 Å². The van der Waals surface area contributed by atoms with Crippen molar-refractivity contribution in [3.05, 3.63) is 29.8 Å². The van der Waals surface area contributed by atoms with Crippen LogP contribution < -0.4 is 15.4 Å². The first kappa shape index (κ1) is 27.4. The van der Waals surface area contributed by atoms with Gasteiger partial charge in [-0.15, -0.1) is 0 Å². The van der Waals surface area contributed by atoms with Crippen molar-refractivity contribution in [2.75, 3.05) is 46.5 Å². The number of hydrogen-bond acceptors (Lipinski definition) is 6. The summed E-state index contributed by atoms with van der Waals surface area (Å²) in [5.41, 5.74) is 0.606. The van der Waals surface area contributed by atoms with Crippen molar-refractivity contribution < 1.29 is 19.4 Å². The number of rotatable bonds is 10. The number of hydrogen-bond donors (Lipinski definition) is 3.